The van der Waals surface area contributed by atoms with Gasteiger partial charge in [0.15, 0.2) is 0 Å². The standard InChI is InChI=1S/C9H8ClNO2S/c10-7-3-1-2-4-8(7)14-6-5-9(12)11-13/h1-4H,5-6H2. The second kappa shape index (κ2) is 5.78. The van der Waals surface area contributed by atoms with Crippen molar-refractivity contribution in [3.05, 3.63) is 34.2 Å². The van der Waals surface area contributed by atoms with E-state index >= 15 is 0 Å². The van der Waals surface area contributed by atoms with Crippen LogP contribution in [-0.4, -0.2) is 11.7 Å². The maximum atomic E-state index is 10.6. The Morgan fingerprint density at radius 3 is 2.79 bits per heavy atom. The van der Waals surface area contributed by atoms with Crippen LogP contribution in [0, 0.1) is 4.91 Å². The summed E-state index contributed by atoms with van der Waals surface area (Å²) in [4.78, 5) is 21.3. The molecule has 0 aliphatic carbocycles. The van der Waals surface area contributed by atoms with Crippen LogP contribution >= 0.6 is 23.4 Å². The van der Waals surface area contributed by atoms with Crippen LogP contribution in [0.3, 0.4) is 0 Å². The van der Waals surface area contributed by atoms with Gasteiger partial charge in [0.25, 0.3) is 5.91 Å². The number of hydrogen-bond donors (Lipinski definition) is 0. The Bertz CT molecular complexity index is 343. The van der Waals surface area contributed by atoms with E-state index in [-0.39, 0.29) is 6.42 Å². The topological polar surface area (TPSA) is 46.5 Å². The monoisotopic (exact) mass is 229 g/mol. The lowest BCUT2D eigenvalue weighted by molar-refractivity contribution is -0.117. The molecule has 0 heterocycles. The van der Waals surface area contributed by atoms with Crippen LogP contribution in [-0.2, 0) is 4.79 Å². The number of nitrogens with zero attached hydrogens (tertiary/aromatic N) is 1. The SMILES string of the molecule is O=NC(=O)CCSc1ccccc1Cl. The Morgan fingerprint density at radius 2 is 2.14 bits per heavy atom. The first-order chi connectivity index (χ1) is 6.74. The average Bonchev–Trinajstić information content (AvgIpc) is 2.20. The zero-order chi connectivity index (χ0) is 10.4. The van der Waals surface area contributed by atoms with Crippen molar-refractivity contribution in [2.75, 3.05) is 5.75 Å². The molecule has 0 bridgehead atoms. The minimum absolute atomic E-state index is 0.152. The van der Waals surface area contributed by atoms with Crippen molar-refractivity contribution in [3.63, 3.8) is 0 Å². The summed E-state index contributed by atoms with van der Waals surface area (Å²) >= 11 is 7.32. The van der Waals surface area contributed by atoms with Crippen LogP contribution in [0.2, 0.25) is 5.02 Å². The van der Waals surface area contributed by atoms with E-state index in [1.54, 1.807) is 6.07 Å². The Labute approximate surface area is 90.8 Å². The second-order valence-electron chi connectivity index (χ2n) is 2.51. The molecule has 0 radical (unpaired) electrons. The predicted molar refractivity (Wildman–Crippen MR) is 57.6 cm³/mol. The largest absolute Gasteiger partial charge is 0.287 e. The molecule has 5 heteroatoms. The highest BCUT2D eigenvalue weighted by atomic mass is 35.5. The van der Waals surface area contributed by atoms with Gasteiger partial charge in [0, 0.05) is 22.2 Å². The van der Waals surface area contributed by atoms with E-state index in [0.29, 0.717) is 10.8 Å². The second-order valence-corrected chi connectivity index (χ2v) is 4.06. The van der Waals surface area contributed by atoms with Crippen LogP contribution in [0.4, 0.5) is 0 Å². The van der Waals surface area contributed by atoms with Gasteiger partial charge in [-0.25, -0.2) is 0 Å². The lowest BCUT2D eigenvalue weighted by Gasteiger charge is -2.00. The molecule has 14 heavy (non-hydrogen) atoms. The lowest BCUT2D eigenvalue weighted by atomic mass is 10.4. The van der Waals surface area contributed by atoms with E-state index in [9.17, 15) is 9.70 Å². The number of hydrogen-bond acceptors (Lipinski definition) is 3. The van der Waals surface area contributed by atoms with Crippen molar-refractivity contribution in [1.82, 2.24) is 0 Å². The first-order valence-corrected chi connectivity index (χ1v) is 5.34. The van der Waals surface area contributed by atoms with Crippen molar-refractivity contribution >= 4 is 29.3 Å². The van der Waals surface area contributed by atoms with Gasteiger partial charge in [0.1, 0.15) is 0 Å². The number of halogens is 1. The van der Waals surface area contributed by atoms with Crippen LogP contribution in [0.25, 0.3) is 0 Å². The third-order valence-electron chi connectivity index (χ3n) is 1.51. The van der Waals surface area contributed by atoms with Gasteiger partial charge in [-0.05, 0) is 12.1 Å². The van der Waals surface area contributed by atoms with Crippen LogP contribution in [0.5, 0.6) is 0 Å². The molecule has 1 aromatic rings. The molecule has 0 aromatic heterocycles. The number of nitroso groups, excluding NO2 is 1. The molecule has 0 saturated carbocycles. The minimum Gasteiger partial charge on any atom is -0.269 e. The number of rotatable bonds is 4. The Morgan fingerprint density at radius 1 is 1.43 bits per heavy atom. The highest BCUT2D eigenvalue weighted by molar-refractivity contribution is 7.99. The van der Waals surface area contributed by atoms with E-state index in [4.69, 9.17) is 11.6 Å². The Balaban J connectivity index is 2.42. The highest BCUT2D eigenvalue weighted by Gasteiger charge is 2.03. The summed E-state index contributed by atoms with van der Waals surface area (Å²) in [6.45, 7) is 0. The van der Waals surface area contributed by atoms with Gasteiger partial charge < -0.3 is 0 Å². The smallest absolute Gasteiger partial charge is 0.269 e. The molecule has 0 fully saturated rings. The van der Waals surface area contributed by atoms with Crippen molar-refractivity contribution in [2.24, 2.45) is 5.18 Å². The summed E-state index contributed by atoms with van der Waals surface area (Å²) in [5, 5.41) is 2.96. The first-order valence-electron chi connectivity index (χ1n) is 3.97. The number of thioether (sulfide) groups is 1. The summed E-state index contributed by atoms with van der Waals surface area (Å²) in [6.07, 6.45) is 0.152. The molecule has 1 rings (SSSR count). The van der Waals surface area contributed by atoms with Crippen LogP contribution < -0.4 is 0 Å². The molecular formula is C9H8ClNO2S. The number of carbonyl (C=O) groups is 1. The van der Waals surface area contributed by atoms with Gasteiger partial charge >= 0.3 is 0 Å². The summed E-state index contributed by atoms with van der Waals surface area (Å²) in [5.41, 5.74) is 0. The van der Waals surface area contributed by atoms with Crippen molar-refractivity contribution in [1.29, 1.82) is 0 Å². The van der Waals surface area contributed by atoms with Crippen molar-refractivity contribution < 1.29 is 4.79 Å². The fraction of sp³-hybridized carbons (Fsp3) is 0.222. The van der Waals surface area contributed by atoms with Gasteiger partial charge in [-0.2, -0.15) is 0 Å². The summed E-state index contributed by atoms with van der Waals surface area (Å²) in [7, 11) is 0. The van der Waals surface area contributed by atoms with Crippen molar-refractivity contribution in [2.45, 2.75) is 11.3 Å². The fourth-order valence-corrected chi connectivity index (χ4v) is 2.03. The van der Waals surface area contributed by atoms with E-state index in [0.717, 1.165) is 4.90 Å². The first kappa shape index (κ1) is 11.2. The predicted octanol–water partition coefficient (Wildman–Crippen LogP) is 3.12. The van der Waals surface area contributed by atoms with E-state index in [1.165, 1.54) is 11.8 Å². The van der Waals surface area contributed by atoms with E-state index < -0.39 is 5.91 Å². The zero-order valence-electron chi connectivity index (χ0n) is 7.27. The Hall–Kier alpha value is -0.870. The normalized spacial score (nSPS) is 9.79. The number of amides is 1. The van der Waals surface area contributed by atoms with Gasteiger partial charge in [-0.15, -0.1) is 16.7 Å². The minimum atomic E-state index is -0.621. The highest BCUT2D eigenvalue weighted by Crippen LogP contribution is 2.26. The number of benzene rings is 1. The molecule has 0 aliphatic rings. The molecule has 1 aromatic carbocycles. The average molecular weight is 230 g/mol. The quantitative estimate of drug-likeness (QED) is 0.589. The molecular weight excluding hydrogens is 222 g/mol. The third kappa shape index (κ3) is 3.47. The van der Waals surface area contributed by atoms with Gasteiger partial charge in [-0.3, -0.25) is 4.79 Å². The zero-order valence-corrected chi connectivity index (χ0v) is 8.85. The number of carbonyl (C=O) groups excluding carboxylic acids is 1. The van der Waals surface area contributed by atoms with E-state index in [2.05, 4.69) is 5.18 Å². The molecule has 0 N–H and O–H groups in total. The van der Waals surface area contributed by atoms with Crippen LogP contribution in [0.15, 0.2) is 34.3 Å². The summed E-state index contributed by atoms with van der Waals surface area (Å²) in [5.74, 6) is -0.0987. The summed E-state index contributed by atoms with van der Waals surface area (Å²) in [6, 6.07) is 7.36. The molecule has 74 valence electrons. The molecule has 1 amide bonds. The fourth-order valence-electron chi connectivity index (χ4n) is 0.856. The summed E-state index contributed by atoms with van der Waals surface area (Å²) < 4.78 is 0. The molecule has 0 saturated heterocycles. The van der Waals surface area contributed by atoms with Crippen LogP contribution in [0.1, 0.15) is 6.42 Å². The molecule has 0 unspecified atom stereocenters. The third-order valence-corrected chi connectivity index (χ3v) is 3.03. The van der Waals surface area contributed by atoms with Gasteiger partial charge in [-0.1, -0.05) is 23.7 Å². The van der Waals surface area contributed by atoms with Gasteiger partial charge in [0.05, 0.1) is 5.02 Å². The van der Waals surface area contributed by atoms with Gasteiger partial charge in [0.2, 0.25) is 0 Å². The lowest BCUT2D eigenvalue weighted by Crippen LogP contribution is -1.93. The Kier molecular flexibility index (Phi) is 4.62. The molecule has 0 spiro atoms. The maximum Gasteiger partial charge on any atom is 0.287 e. The van der Waals surface area contributed by atoms with Crippen molar-refractivity contribution in [3.8, 4) is 0 Å². The van der Waals surface area contributed by atoms with E-state index in [1.807, 2.05) is 18.2 Å². The molecule has 3 nitrogen and oxygen atoms in total. The maximum absolute atomic E-state index is 10.6. The molecule has 0 aliphatic heterocycles. The molecule has 0 atom stereocenters.